The second kappa shape index (κ2) is 5.16. The van der Waals surface area contributed by atoms with Crippen molar-refractivity contribution in [3.63, 3.8) is 0 Å². The van der Waals surface area contributed by atoms with Gasteiger partial charge >= 0.3 is 0 Å². The van der Waals surface area contributed by atoms with Crippen molar-refractivity contribution in [3.8, 4) is 0 Å². The zero-order valence-electron chi connectivity index (χ0n) is 10.2. The Morgan fingerprint density at radius 2 is 2.00 bits per heavy atom. The van der Waals surface area contributed by atoms with Gasteiger partial charge in [-0.1, -0.05) is 5.16 Å². The lowest BCUT2D eigenvalue weighted by molar-refractivity contribution is 0.0753. The number of nitrogens with zero attached hydrogens (tertiary/aromatic N) is 2. The van der Waals surface area contributed by atoms with Gasteiger partial charge in [-0.2, -0.15) is 0 Å². The summed E-state index contributed by atoms with van der Waals surface area (Å²) in [4.78, 5) is 13.8. The molecule has 5 heteroatoms. The quantitative estimate of drug-likeness (QED) is 0.613. The number of carbonyl (C=O) groups excluding carboxylic acids is 1. The highest BCUT2D eigenvalue weighted by molar-refractivity contribution is 5.96. The number of oxime groups is 1. The summed E-state index contributed by atoms with van der Waals surface area (Å²) in [7, 11) is 0. The molecule has 1 aromatic rings. The third-order valence-corrected chi connectivity index (χ3v) is 3.06. The van der Waals surface area contributed by atoms with Gasteiger partial charge in [0.15, 0.2) is 0 Å². The zero-order valence-corrected chi connectivity index (χ0v) is 10.2. The van der Waals surface area contributed by atoms with E-state index in [2.05, 4.69) is 5.16 Å². The van der Waals surface area contributed by atoms with Crippen LogP contribution < -0.4 is 0 Å². The molecule has 1 amide bonds. The molecule has 1 aliphatic rings. The summed E-state index contributed by atoms with van der Waals surface area (Å²) in [5.74, 6) is -0.567. The topological polar surface area (TPSA) is 52.9 Å². The fraction of sp³-hybridized carbons (Fsp3) is 0.385. The molecule has 1 aromatic carbocycles. The number of piperidine rings is 1. The van der Waals surface area contributed by atoms with Gasteiger partial charge in [-0.05, 0) is 30.7 Å². The minimum Gasteiger partial charge on any atom is -0.411 e. The van der Waals surface area contributed by atoms with Gasteiger partial charge in [0.2, 0.25) is 0 Å². The fourth-order valence-electron chi connectivity index (χ4n) is 2.11. The molecule has 0 aliphatic carbocycles. The van der Waals surface area contributed by atoms with Gasteiger partial charge in [0.1, 0.15) is 5.82 Å². The van der Waals surface area contributed by atoms with Crippen LogP contribution in [0.4, 0.5) is 4.39 Å². The normalized spacial score (nSPS) is 15.7. The molecule has 0 unspecified atom stereocenters. The number of rotatable bonds is 1. The molecule has 2 rings (SSSR count). The van der Waals surface area contributed by atoms with E-state index in [4.69, 9.17) is 5.21 Å². The predicted octanol–water partition coefficient (Wildman–Crippen LogP) is 2.20. The molecule has 96 valence electrons. The molecule has 1 heterocycles. The van der Waals surface area contributed by atoms with Crippen LogP contribution in [0, 0.1) is 12.7 Å². The first-order valence-electron chi connectivity index (χ1n) is 5.86. The van der Waals surface area contributed by atoms with Crippen molar-refractivity contribution in [2.75, 3.05) is 13.1 Å². The molecule has 0 bridgehead atoms. The summed E-state index contributed by atoms with van der Waals surface area (Å²) in [5.41, 5.74) is 1.80. The first-order chi connectivity index (χ1) is 8.60. The number of benzene rings is 1. The third kappa shape index (κ3) is 2.67. The summed E-state index contributed by atoms with van der Waals surface area (Å²) in [6, 6.07) is 4.33. The van der Waals surface area contributed by atoms with Crippen molar-refractivity contribution < 1.29 is 14.4 Å². The SMILES string of the molecule is Cc1cc(F)cc(C(=O)N2CCC(=NO)CC2)c1. The van der Waals surface area contributed by atoms with E-state index < -0.39 is 5.82 Å². The monoisotopic (exact) mass is 250 g/mol. The Kier molecular flexibility index (Phi) is 3.60. The number of hydrogen-bond acceptors (Lipinski definition) is 3. The van der Waals surface area contributed by atoms with E-state index in [-0.39, 0.29) is 5.91 Å². The van der Waals surface area contributed by atoms with E-state index in [1.165, 1.54) is 12.1 Å². The Bertz CT molecular complexity index is 470. The lowest BCUT2D eigenvalue weighted by Gasteiger charge is -2.27. The molecule has 0 atom stereocenters. The van der Waals surface area contributed by atoms with Crippen LogP contribution in [0.25, 0.3) is 0 Å². The van der Waals surface area contributed by atoms with Gasteiger partial charge in [-0.3, -0.25) is 4.79 Å². The summed E-state index contributed by atoms with van der Waals surface area (Å²) in [6.07, 6.45) is 1.13. The van der Waals surface area contributed by atoms with Crippen LogP contribution in [0.1, 0.15) is 28.8 Å². The standard InChI is InChI=1S/C13H15FN2O2/c1-9-6-10(8-11(14)7-9)13(17)16-4-2-12(15-18)3-5-16/h6-8,18H,2-5H2,1H3. The van der Waals surface area contributed by atoms with Crippen LogP contribution >= 0.6 is 0 Å². The van der Waals surface area contributed by atoms with E-state index >= 15 is 0 Å². The maximum Gasteiger partial charge on any atom is 0.253 e. The van der Waals surface area contributed by atoms with Crippen molar-refractivity contribution >= 4 is 11.6 Å². The van der Waals surface area contributed by atoms with Crippen LogP contribution in [0.15, 0.2) is 23.4 Å². The first kappa shape index (κ1) is 12.5. The van der Waals surface area contributed by atoms with E-state index in [9.17, 15) is 9.18 Å². The van der Waals surface area contributed by atoms with Crippen LogP contribution in [0.2, 0.25) is 0 Å². The highest BCUT2D eigenvalue weighted by Gasteiger charge is 2.21. The van der Waals surface area contributed by atoms with Crippen molar-refractivity contribution in [2.45, 2.75) is 19.8 Å². The summed E-state index contributed by atoms with van der Waals surface area (Å²) in [5, 5.41) is 11.8. The molecular formula is C13H15FN2O2. The summed E-state index contributed by atoms with van der Waals surface area (Å²) < 4.78 is 13.2. The first-order valence-corrected chi connectivity index (χ1v) is 5.86. The van der Waals surface area contributed by atoms with Gasteiger partial charge in [0.05, 0.1) is 5.71 Å². The minimum atomic E-state index is -0.395. The molecule has 1 aliphatic heterocycles. The van der Waals surface area contributed by atoms with Crippen LogP contribution in [-0.2, 0) is 0 Å². The van der Waals surface area contributed by atoms with Crippen molar-refractivity contribution in [1.29, 1.82) is 0 Å². The molecule has 0 radical (unpaired) electrons. The Morgan fingerprint density at radius 1 is 1.33 bits per heavy atom. The van der Waals surface area contributed by atoms with E-state index in [0.717, 1.165) is 5.56 Å². The Labute approximate surface area is 105 Å². The number of hydrogen-bond donors (Lipinski definition) is 1. The minimum absolute atomic E-state index is 0.172. The maximum atomic E-state index is 13.2. The second-order valence-electron chi connectivity index (χ2n) is 4.48. The van der Waals surface area contributed by atoms with Gasteiger partial charge in [-0.25, -0.2) is 4.39 Å². The van der Waals surface area contributed by atoms with Crippen molar-refractivity contribution in [2.24, 2.45) is 5.16 Å². The molecule has 0 aromatic heterocycles. The van der Waals surface area contributed by atoms with Gasteiger partial charge in [-0.15, -0.1) is 0 Å². The number of carbonyl (C=O) groups is 1. The Morgan fingerprint density at radius 3 is 2.56 bits per heavy atom. The van der Waals surface area contributed by atoms with Crippen LogP contribution in [0.5, 0.6) is 0 Å². The molecule has 4 nitrogen and oxygen atoms in total. The Hall–Kier alpha value is -1.91. The van der Waals surface area contributed by atoms with Crippen molar-refractivity contribution in [1.82, 2.24) is 4.90 Å². The van der Waals surface area contributed by atoms with E-state index in [0.29, 0.717) is 37.2 Å². The maximum absolute atomic E-state index is 13.2. The predicted molar refractivity (Wildman–Crippen MR) is 65.5 cm³/mol. The molecule has 18 heavy (non-hydrogen) atoms. The number of aryl methyl sites for hydroxylation is 1. The smallest absolute Gasteiger partial charge is 0.253 e. The molecule has 1 saturated heterocycles. The van der Waals surface area contributed by atoms with Gasteiger partial charge < -0.3 is 10.1 Å². The van der Waals surface area contributed by atoms with Crippen molar-refractivity contribution in [3.05, 3.63) is 35.1 Å². The number of amides is 1. The third-order valence-electron chi connectivity index (χ3n) is 3.06. The van der Waals surface area contributed by atoms with E-state index in [1.807, 2.05) is 0 Å². The second-order valence-corrected chi connectivity index (χ2v) is 4.48. The molecule has 1 fully saturated rings. The average molecular weight is 250 g/mol. The van der Waals surface area contributed by atoms with Gasteiger partial charge in [0, 0.05) is 31.5 Å². The Balaban J connectivity index is 2.12. The molecular weight excluding hydrogens is 235 g/mol. The molecule has 1 N–H and O–H groups in total. The van der Waals surface area contributed by atoms with Gasteiger partial charge in [0.25, 0.3) is 5.91 Å². The summed E-state index contributed by atoms with van der Waals surface area (Å²) in [6.45, 7) is 2.77. The highest BCUT2D eigenvalue weighted by Crippen LogP contribution is 2.14. The fourth-order valence-corrected chi connectivity index (χ4v) is 2.11. The lowest BCUT2D eigenvalue weighted by atomic mass is 10.1. The largest absolute Gasteiger partial charge is 0.411 e. The average Bonchev–Trinajstić information content (AvgIpc) is 2.37. The van der Waals surface area contributed by atoms with Crippen LogP contribution in [-0.4, -0.2) is 34.8 Å². The lowest BCUT2D eigenvalue weighted by Crippen LogP contribution is -2.38. The summed E-state index contributed by atoms with van der Waals surface area (Å²) >= 11 is 0. The van der Waals surface area contributed by atoms with Crippen LogP contribution in [0.3, 0.4) is 0 Å². The molecule has 0 spiro atoms. The highest BCUT2D eigenvalue weighted by atomic mass is 19.1. The number of likely N-dealkylation sites (tertiary alicyclic amines) is 1. The number of halogens is 1. The van der Waals surface area contributed by atoms with E-state index in [1.54, 1.807) is 17.9 Å². The zero-order chi connectivity index (χ0) is 13.1. The molecule has 0 saturated carbocycles.